The van der Waals surface area contributed by atoms with Gasteiger partial charge in [-0.2, -0.15) is 38.1 Å². The van der Waals surface area contributed by atoms with Gasteiger partial charge in [-0.05, 0) is 48.4 Å². The first-order chi connectivity index (χ1) is 15.7. The molecule has 0 saturated heterocycles. The molecular weight excluding hydrogens is 636 g/mol. The zero-order valence-corrected chi connectivity index (χ0v) is 22.2. The highest BCUT2D eigenvalue weighted by atomic mass is 79.9. The van der Waals surface area contributed by atoms with E-state index in [1.54, 1.807) is 13.0 Å². The molecule has 2 aromatic carbocycles. The Labute approximate surface area is 218 Å². The molecule has 1 N–H and O–H groups in total. The summed E-state index contributed by atoms with van der Waals surface area (Å²) >= 11 is 13.2. The summed E-state index contributed by atoms with van der Waals surface area (Å²) in [7, 11) is 0. The smallest absolute Gasteiger partial charge is 0.349 e. The summed E-state index contributed by atoms with van der Waals surface area (Å²) in [6.45, 7) is 1.56. The lowest BCUT2D eigenvalue weighted by molar-refractivity contribution is -0.139. The molecular formula is C22H18Br2ClF6NOS. The van der Waals surface area contributed by atoms with Gasteiger partial charge in [0, 0.05) is 20.7 Å². The Hall–Kier alpha value is -1.17. The number of hydrogen-bond donors (Lipinski definition) is 1. The molecule has 0 fully saturated rings. The fourth-order valence-corrected chi connectivity index (χ4v) is 5.28. The molecule has 0 spiro atoms. The Bertz CT molecular complexity index is 1020. The van der Waals surface area contributed by atoms with Crippen LogP contribution in [0.5, 0.6) is 0 Å². The van der Waals surface area contributed by atoms with Crippen LogP contribution in [-0.2, 0) is 0 Å². The van der Waals surface area contributed by atoms with Crippen LogP contribution in [0.15, 0.2) is 51.4 Å². The summed E-state index contributed by atoms with van der Waals surface area (Å²) < 4.78 is 78.7. The van der Waals surface area contributed by atoms with Gasteiger partial charge in [-0.1, -0.05) is 61.7 Å². The minimum absolute atomic E-state index is 0.00329. The second-order valence-corrected chi connectivity index (χ2v) is 10.6. The van der Waals surface area contributed by atoms with Crippen molar-refractivity contribution in [2.45, 2.75) is 31.2 Å². The number of allylic oxidation sites excluding steroid dienone is 1. The lowest BCUT2D eigenvalue weighted by Gasteiger charge is -2.18. The molecule has 34 heavy (non-hydrogen) atoms. The van der Waals surface area contributed by atoms with Crippen LogP contribution in [0.3, 0.4) is 0 Å². The lowest BCUT2D eigenvalue weighted by atomic mass is 9.97. The molecule has 0 aliphatic rings. The first-order valence-corrected chi connectivity index (χ1v) is 12.7. The van der Waals surface area contributed by atoms with Gasteiger partial charge in [-0.15, -0.1) is 0 Å². The van der Waals surface area contributed by atoms with Crippen LogP contribution in [0.25, 0.3) is 6.08 Å². The van der Waals surface area contributed by atoms with Crippen molar-refractivity contribution in [1.29, 1.82) is 0 Å². The Kier molecular flexibility index (Phi) is 10.4. The standard InChI is InChI=1S/C22H18Br2ClF6NOS/c1-12(10-34-11-21(26,27)28)32-20(33)17-4-2-13(6-19(17)25)3-5-18(22(29,30)31)14-7-15(23)9-16(24)8-14/h2-9,12,18H,10-11H2,1H3,(H,32,33)/b5-3+. The van der Waals surface area contributed by atoms with Gasteiger partial charge in [0.05, 0.1) is 22.3 Å². The van der Waals surface area contributed by atoms with Crippen molar-refractivity contribution in [2.75, 3.05) is 11.5 Å². The van der Waals surface area contributed by atoms with Gasteiger partial charge >= 0.3 is 12.4 Å². The highest BCUT2D eigenvalue weighted by Gasteiger charge is 2.39. The highest BCUT2D eigenvalue weighted by molar-refractivity contribution is 9.11. The van der Waals surface area contributed by atoms with E-state index in [9.17, 15) is 31.1 Å². The third-order valence-electron chi connectivity index (χ3n) is 4.33. The summed E-state index contributed by atoms with van der Waals surface area (Å²) in [4.78, 5) is 12.4. The number of amides is 1. The molecule has 12 heteroatoms. The molecule has 0 radical (unpaired) electrons. The molecule has 2 aromatic rings. The molecule has 0 aliphatic carbocycles. The van der Waals surface area contributed by atoms with E-state index in [-0.39, 0.29) is 21.9 Å². The first-order valence-electron chi connectivity index (χ1n) is 9.61. The number of hydrogen-bond acceptors (Lipinski definition) is 2. The summed E-state index contributed by atoms with van der Waals surface area (Å²) in [5.41, 5.74) is 0.442. The topological polar surface area (TPSA) is 29.1 Å². The number of benzene rings is 2. The molecule has 186 valence electrons. The average Bonchev–Trinajstić information content (AvgIpc) is 2.65. The molecule has 0 heterocycles. The lowest BCUT2D eigenvalue weighted by Crippen LogP contribution is -2.34. The van der Waals surface area contributed by atoms with E-state index in [2.05, 4.69) is 37.2 Å². The first kappa shape index (κ1) is 29.1. The number of alkyl halides is 6. The van der Waals surface area contributed by atoms with Crippen LogP contribution in [0.2, 0.25) is 5.02 Å². The van der Waals surface area contributed by atoms with Gasteiger partial charge in [-0.3, -0.25) is 4.79 Å². The maximum absolute atomic E-state index is 13.7. The van der Waals surface area contributed by atoms with E-state index < -0.39 is 36.0 Å². The molecule has 2 nitrogen and oxygen atoms in total. The van der Waals surface area contributed by atoms with Crippen molar-refractivity contribution in [3.63, 3.8) is 0 Å². The van der Waals surface area contributed by atoms with Crippen LogP contribution in [-0.4, -0.2) is 35.8 Å². The quantitative estimate of drug-likeness (QED) is 0.289. The van der Waals surface area contributed by atoms with Gasteiger partial charge < -0.3 is 5.32 Å². The second-order valence-electron chi connectivity index (χ2n) is 7.33. The Morgan fingerprint density at radius 2 is 1.71 bits per heavy atom. The average molecular weight is 654 g/mol. The molecule has 2 unspecified atom stereocenters. The van der Waals surface area contributed by atoms with Gasteiger partial charge in [0.25, 0.3) is 5.91 Å². The second kappa shape index (κ2) is 12.2. The predicted octanol–water partition coefficient (Wildman–Crippen LogP) is 8.64. The summed E-state index contributed by atoms with van der Waals surface area (Å²) in [6.07, 6.45) is -6.57. The summed E-state index contributed by atoms with van der Waals surface area (Å²) in [6, 6.07) is 7.97. The predicted molar refractivity (Wildman–Crippen MR) is 131 cm³/mol. The van der Waals surface area contributed by atoms with Crippen molar-refractivity contribution in [3.05, 3.63) is 73.1 Å². The molecule has 0 aromatic heterocycles. The molecule has 0 bridgehead atoms. The van der Waals surface area contributed by atoms with E-state index >= 15 is 0 Å². The highest BCUT2D eigenvalue weighted by Crippen LogP contribution is 2.38. The fraction of sp³-hybridized carbons (Fsp3) is 0.318. The number of carbonyl (C=O) groups excluding carboxylic acids is 1. The zero-order chi connectivity index (χ0) is 25.7. The van der Waals surface area contributed by atoms with E-state index in [1.165, 1.54) is 36.4 Å². The SMILES string of the molecule is CC(CSCC(F)(F)F)NC(=O)c1ccc(/C=C/C(c2cc(Br)cc(Br)c2)C(F)(F)F)cc1Cl. The van der Waals surface area contributed by atoms with Crippen molar-refractivity contribution < 1.29 is 31.1 Å². The van der Waals surface area contributed by atoms with E-state index in [1.807, 2.05) is 0 Å². The summed E-state index contributed by atoms with van der Waals surface area (Å²) in [5.74, 6) is -3.44. The Morgan fingerprint density at radius 3 is 2.24 bits per heavy atom. The van der Waals surface area contributed by atoms with Crippen molar-refractivity contribution in [2.24, 2.45) is 0 Å². The maximum atomic E-state index is 13.7. The van der Waals surface area contributed by atoms with Crippen LogP contribution in [0.1, 0.15) is 34.3 Å². The number of halogens is 9. The minimum atomic E-state index is -4.54. The van der Waals surface area contributed by atoms with E-state index in [0.29, 0.717) is 26.3 Å². The Balaban J connectivity index is 2.13. The van der Waals surface area contributed by atoms with Crippen LogP contribution in [0, 0.1) is 0 Å². The Morgan fingerprint density at radius 1 is 1.09 bits per heavy atom. The largest absolute Gasteiger partial charge is 0.399 e. The molecule has 2 rings (SSSR count). The third kappa shape index (κ3) is 9.47. The fourth-order valence-electron chi connectivity index (χ4n) is 2.89. The molecule has 0 aliphatic heterocycles. The third-order valence-corrected chi connectivity index (χ3v) is 6.82. The maximum Gasteiger partial charge on any atom is 0.399 e. The van der Waals surface area contributed by atoms with Gasteiger partial charge in [0.1, 0.15) is 0 Å². The van der Waals surface area contributed by atoms with Crippen molar-refractivity contribution in [3.8, 4) is 0 Å². The van der Waals surface area contributed by atoms with Crippen molar-refractivity contribution >= 4 is 67.2 Å². The zero-order valence-electron chi connectivity index (χ0n) is 17.4. The van der Waals surface area contributed by atoms with Gasteiger partial charge in [0.2, 0.25) is 0 Å². The van der Waals surface area contributed by atoms with Crippen molar-refractivity contribution in [1.82, 2.24) is 5.32 Å². The van der Waals surface area contributed by atoms with Crippen LogP contribution in [0.4, 0.5) is 26.3 Å². The van der Waals surface area contributed by atoms with Crippen LogP contribution >= 0.6 is 55.2 Å². The van der Waals surface area contributed by atoms with Gasteiger partial charge in [-0.25, -0.2) is 0 Å². The number of rotatable bonds is 8. The summed E-state index contributed by atoms with van der Waals surface area (Å²) in [5, 5.41) is 2.56. The van der Waals surface area contributed by atoms with Crippen LogP contribution < -0.4 is 5.32 Å². The number of nitrogens with one attached hydrogen (secondary N) is 1. The monoisotopic (exact) mass is 651 g/mol. The molecule has 0 saturated carbocycles. The van der Waals surface area contributed by atoms with Gasteiger partial charge in [0.15, 0.2) is 0 Å². The normalized spacial score (nSPS) is 14.3. The molecule has 1 amide bonds. The number of carbonyl (C=O) groups is 1. The minimum Gasteiger partial charge on any atom is -0.349 e. The number of thioether (sulfide) groups is 1. The van der Waals surface area contributed by atoms with E-state index in [0.717, 1.165) is 6.08 Å². The van der Waals surface area contributed by atoms with E-state index in [4.69, 9.17) is 11.6 Å². The molecule has 2 atom stereocenters.